The van der Waals surface area contributed by atoms with E-state index in [0.29, 0.717) is 13.2 Å². The number of rotatable bonds is 10. The molecule has 0 aliphatic carbocycles. The molecule has 0 spiro atoms. The quantitative estimate of drug-likeness (QED) is 0.224. The standard InChI is InChI=1S/C15H31N3O3S.HI/c1-16-14(17-7-4-8-20-12-11-19-2)18-13-15(22-3)5-9-21-10-6-15;/h4-13H2,1-3H3,(H2,16,17,18);1H. The van der Waals surface area contributed by atoms with Crippen molar-refractivity contribution >= 4 is 41.7 Å². The molecule has 1 rings (SSSR count). The van der Waals surface area contributed by atoms with Gasteiger partial charge >= 0.3 is 0 Å². The molecule has 0 saturated carbocycles. The molecule has 0 aromatic rings. The van der Waals surface area contributed by atoms with E-state index in [0.717, 1.165) is 58.1 Å². The minimum atomic E-state index is 0. The van der Waals surface area contributed by atoms with Crippen LogP contribution in [0.3, 0.4) is 0 Å². The van der Waals surface area contributed by atoms with Crippen molar-refractivity contribution < 1.29 is 14.2 Å². The Kier molecular flexibility index (Phi) is 14.7. The molecule has 0 bridgehead atoms. The molecule has 6 nitrogen and oxygen atoms in total. The van der Waals surface area contributed by atoms with E-state index in [1.165, 1.54) is 0 Å². The van der Waals surface area contributed by atoms with Crippen LogP contribution in [-0.4, -0.2) is 77.2 Å². The Labute approximate surface area is 161 Å². The number of methoxy groups -OCH3 is 1. The number of hydrogen-bond donors (Lipinski definition) is 2. The summed E-state index contributed by atoms with van der Waals surface area (Å²) >= 11 is 1.93. The SMILES string of the molecule is CN=C(NCCCOCCOC)NCC1(SC)CCOCC1.I. The number of thioether (sulfide) groups is 1. The minimum absolute atomic E-state index is 0. The first-order valence-electron chi connectivity index (χ1n) is 7.90. The van der Waals surface area contributed by atoms with Gasteiger partial charge in [-0.2, -0.15) is 11.8 Å². The number of nitrogens with one attached hydrogen (secondary N) is 2. The van der Waals surface area contributed by atoms with Gasteiger partial charge in [-0.3, -0.25) is 4.99 Å². The molecule has 0 radical (unpaired) electrons. The molecule has 1 aliphatic heterocycles. The summed E-state index contributed by atoms with van der Waals surface area (Å²) in [4.78, 5) is 4.28. The molecule has 2 N–H and O–H groups in total. The highest BCUT2D eigenvalue weighted by atomic mass is 127. The Bertz CT molecular complexity index is 316. The smallest absolute Gasteiger partial charge is 0.191 e. The fourth-order valence-electron chi connectivity index (χ4n) is 2.29. The summed E-state index contributed by atoms with van der Waals surface area (Å²) in [7, 11) is 3.49. The molecule has 0 aromatic carbocycles. The zero-order valence-electron chi connectivity index (χ0n) is 14.6. The molecule has 23 heavy (non-hydrogen) atoms. The third-order valence-electron chi connectivity index (χ3n) is 3.83. The number of guanidine groups is 1. The maximum absolute atomic E-state index is 5.47. The Morgan fingerprint density at radius 2 is 1.96 bits per heavy atom. The van der Waals surface area contributed by atoms with Crippen LogP contribution in [0.15, 0.2) is 4.99 Å². The van der Waals surface area contributed by atoms with Crippen molar-refractivity contribution in [3.05, 3.63) is 0 Å². The van der Waals surface area contributed by atoms with E-state index < -0.39 is 0 Å². The number of halogens is 1. The monoisotopic (exact) mass is 461 g/mol. The first-order chi connectivity index (χ1) is 10.8. The van der Waals surface area contributed by atoms with Crippen molar-refractivity contribution in [2.75, 3.05) is 66.5 Å². The highest BCUT2D eigenvalue weighted by molar-refractivity contribution is 14.0. The lowest BCUT2D eigenvalue weighted by Crippen LogP contribution is -2.48. The molecule has 8 heteroatoms. The van der Waals surface area contributed by atoms with E-state index in [-0.39, 0.29) is 28.7 Å². The molecule has 1 aliphatic rings. The Balaban J connectivity index is 0.00000484. The molecule has 1 heterocycles. The van der Waals surface area contributed by atoms with Crippen molar-refractivity contribution in [1.29, 1.82) is 0 Å². The predicted octanol–water partition coefficient (Wildman–Crippen LogP) is 1.73. The molecule has 138 valence electrons. The highest BCUT2D eigenvalue weighted by Crippen LogP contribution is 2.32. The van der Waals surface area contributed by atoms with Gasteiger partial charge < -0.3 is 24.8 Å². The molecule has 0 amide bonds. The van der Waals surface area contributed by atoms with Crippen LogP contribution in [0.2, 0.25) is 0 Å². The average Bonchev–Trinajstić information content (AvgIpc) is 2.57. The van der Waals surface area contributed by atoms with Crippen LogP contribution in [0, 0.1) is 0 Å². The number of aliphatic imine (C=N–C) groups is 1. The summed E-state index contributed by atoms with van der Waals surface area (Å²) in [5.74, 6) is 0.858. The van der Waals surface area contributed by atoms with E-state index >= 15 is 0 Å². The van der Waals surface area contributed by atoms with Crippen molar-refractivity contribution in [2.45, 2.75) is 24.0 Å². The zero-order valence-corrected chi connectivity index (χ0v) is 17.7. The van der Waals surface area contributed by atoms with E-state index in [1.54, 1.807) is 14.2 Å². The van der Waals surface area contributed by atoms with Crippen LogP contribution in [0.25, 0.3) is 0 Å². The van der Waals surface area contributed by atoms with Gasteiger partial charge in [0.05, 0.1) is 13.2 Å². The van der Waals surface area contributed by atoms with Crippen LogP contribution in [0.4, 0.5) is 0 Å². The summed E-state index contributed by atoms with van der Waals surface area (Å²) in [5.41, 5.74) is 0. The molecular weight excluding hydrogens is 429 g/mol. The second-order valence-electron chi connectivity index (χ2n) is 5.31. The van der Waals surface area contributed by atoms with Crippen LogP contribution in [0.1, 0.15) is 19.3 Å². The van der Waals surface area contributed by atoms with Gasteiger partial charge in [-0.05, 0) is 25.5 Å². The zero-order chi connectivity index (χ0) is 16.1. The topological polar surface area (TPSA) is 64.1 Å². The first-order valence-corrected chi connectivity index (χ1v) is 9.13. The van der Waals surface area contributed by atoms with Gasteiger partial charge in [0.2, 0.25) is 0 Å². The fourth-order valence-corrected chi connectivity index (χ4v) is 3.08. The van der Waals surface area contributed by atoms with Gasteiger partial charge in [-0.1, -0.05) is 0 Å². The number of nitrogens with zero attached hydrogens (tertiary/aromatic N) is 1. The summed E-state index contributed by atoms with van der Waals surface area (Å²) in [5, 5.41) is 6.77. The molecule has 0 atom stereocenters. The van der Waals surface area contributed by atoms with E-state index in [4.69, 9.17) is 14.2 Å². The van der Waals surface area contributed by atoms with Gasteiger partial charge in [-0.15, -0.1) is 24.0 Å². The molecule has 1 saturated heterocycles. The summed E-state index contributed by atoms with van der Waals surface area (Å²) in [6.45, 7) is 5.52. The van der Waals surface area contributed by atoms with Gasteiger partial charge in [0.1, 0.15) is 0 Å². The van der Waals surface area contributed by atoms with Crippen LogP contribution < -0.4 is 10.6 Å². The van der Waals surface area contributed by atoms with Crippen molar-refractivity contribution in [2.24, 2.45) is 4.99 Å². The maximum atomic E-state index is 5.47. The normalized spacial score (nSPS) is 17.4. The average molecular weight is 461 g/mol. The van der Waals surface area contributed by atoms with Crippen molar-refractivity contribution in [3.8, 4) is 0 Å². The number of hydrogen-bond acceptors (Lipinski definition) is 5. The fraction of sp³-hybridized carbons (Fsp3) is 0.933. The largest absolute Gasteiger partial charge is 0.382 e. The minimum Gasteiger partial charge on any atom is -0.382 e. The van der Waals surface area contributed by atoms with Crippen molar-refractivity contribution in [1.82, 2.24) is 10.6 Å². The highest BCUT2D eigenvalue weighted by Gasteiger charge is 2.31. The molecular formula is C15H32IN3O3S. The lowest BCUT2D eigenvalue weighted by atomic mass is 9.99. The van der Waals surface area contributed by atoms with Gasteiger partial charge in [-0.25, -0.2) is 0 Å². The lowest BCUT2D eigenvalue weighted by Gasteiger charge is -2.36. The second kappa shape index (κ2) is 14.6. The number of ether oxygens (including phenoxy) is 3. The third-order valence-corrected chi connectivity index (χ3v) is 5.25. The molecule has 1 fully saturated rings. The van der Waals surface area contributed by atoms with Crippen LogP contribution >= 0.6 is 35.7 Å². The van der Waals surface area contributed by atoms with Crippen LogP contribution in [-0.2, 0) is 14.2 Å². The van der Waals surface area contributed by atoms with Crippen molar-refractivity contribution in [3.63, 3.8) is 0 Å². The summed E-state index contributed by atoms with van der Waals surface area (Å²) in [6.07, 6.45) is 5.31. The third kappa shape index (κ3) is 9.96. The predicted molar refractivity (Wildman–Crippen MR) is 108 cm³/mol. The van der Waals surface area contributed by atoms with E-state index in [9.17, 15) is 0 Å². The maximum Gasteiger partial charge on any atom is 0.191 e. The van der Waals surface area contributed by atoms with E-state index in [2.05, 4.69) is 21.9 Å². The summed E-state index contributed by atoms with van der Waals surface area (Å²) in [6, 6.07) is 0. The Morgan fingerprint density at radius 1 is 1.22 bits per heavy atom. The van der Waals surface area contributed by atoms with Gasteiger partial charge in [0.25, 0.3) is 0 Å². The van der Waals surface area contributed by atoms with E-state index in [1.807, 2.05) is 11.8 Å². The summed E-state index contributed by atoms with van der Waals surface area (Å²) < 4.78 is 16.1. The first kappa shape index (κ1) is 23.2. The molecule has 0 unspecified atom stereocenters. The molecule has 0 aromatic heterocycles. The lowest BCUT2D eigenvalue weighted by molar-refractivity contribution is 0.0698. The second-order valence-corrected chi connectivity index (χ2v) is 6.59. The Hall–Kier alpha value is 0.230. The van der Waals surface area contributed by atoms with Crippen LogP contribution in [0.5, 0.6) is 0 Å². The Morgan fingerprint density at radius 3 is 2.57 bits per heavy atom. The van der Waals surface area contributed by atoms with Gasteiger partial charge in [0, 0.05) is 51.8 Å². The van der Waals surface area contributed by atoms with Gasteiger partial charge in [0.15, 0.2) is 5.96 Å².